The number of carboxylic acids is 1. The molecule has 100 valence electrons. The van der Waals surface area contributed by atoms with Crippen LogP contribution in [0.3, 0.4) is 0 Å². The molecule has 0 radical (unpaired) electrons. The molecule has 0 saturated carbocycles. The number of likely N-dealkylation sites (tertiary alicyclic amines) is 1. The quantitative estimate of drug-likeness (QED) is 0.822. The van der Waals surface area contributed by atoms with Crippen LogP contribution >= 0.6 is 0 Å². The Morgan fingerprint density at radius 1 is 1.35 bits per heavy atom. The minimum atomic E-state index is -0.691. The molecule has 1 aliphatic rings. The molecule has 3 atom stereocenters. The Morgan fingerprint density at radius 3 is 2.47 bits per heavy atom. The molecule has 0 amide bonds. The lowest BCUT2D eigenvalue weighted by Crippen LogP contribution is -2.47. The van der Waals surface area contributed by atoms with Gasteiger partial charge in [0.05, 0.1) is 5.41 Å². The van der Waals surface area contributed by atoms with Crippen molar-refractivity contribution in [1.82, 2.24) is 4.90 Å². The number of carbonyl (C=O) groups is 1. The van der Waals surface area contributed by atoms with E-state index in [0.29, 0.717) is 12.0 Å². The van der Waals surface area contributed by atoms with Crippen molar-refractivity contribution in [3.63, 3.8) is 0 Å². The molecule has 0 aromatic carbocycles. The zero-order valence-electron chi connectivity index (χ0n) is 11.9. The molecule has 3 nitrogen and oxygen atoms in total. The van der Waals surface area contributed by atoms with Gasteiger partial charge in [0.1, 0.15) is 0 Å². The molecule has 0 aromatic rings. The lowest BCUT2D eigenvalue weighted by Gasteiger charge is -2.42. The van der Waals surface area contributed by atoms with Gasteiger partial charge in [0.25, 0.3) is 0 Å². The molecule has 1 aliphatic heterocycles. The number of carboxylic acid groups (broad SMARTS) is 1. The molecular formula is C14H27NO2. The second kappa shape index (κ2) is 5.38. The molecule has 3 heteroatoms. The van der Waals surface area contributed by atoms with Crippen LogP contribution in [0, 0.1) is 17.3 Å². The molecule has 1 heterocycles. The first kappa shape index (κ1) is 14.5. The van der Waals surface area contributed by atoms with E-state index in [-0.39, 0.29) is 0 Å². The first-order valence-corrected chi connectivity index (χ1v) is 6.71. The van der Waals surface area contributed by atoms with Crippen LogP contribution in [-0.2, 0) is 4.79 Å². The highest BCUT2D eigenvalue weighted by atomic mass is 16.4. The van der Waals surface area contributed by atoms with Gasteiger partial charge >= 0.3 is 5.97 Å². The maximum atomic E-state index is 11.1. The van der Waals surface area contributed by atoms with E-state index in [0.717, 1.165) is 25.4 Å². The summed E-state index contributed by atoms with van der Waals surface area (Å²) in [4.78, 5) is 13.5. The summed E-state index contributed by atoms with van der Waals surface area (Å²) in [5.41, 5.74) is -0.607. The van der Waals surface area contributed by atoms with E-state index < -0.39 is 11.4 Å². The Hall–Kier alpha value is -0.570. The maximum absolute atomic E-state index is 11.1. The summed E-state index contributed by atoms with van der Waals surface area (Å²) in [6, 6.07) is 0.579. The van der Waals surface area contributed by atoms with E-state index in [9.17, 15) is 4.79 Å². The molecule has 1 saturated heterocycles. The summed E-state index contributed by atoms with van der Waals surface area (Å²) in [6.45, 7) is 12.5. The number of hydrogen-bond acceptors (Lipinski definition) is 2. The highest BCUT2D eigenvalue weighted by Crippen LogP contribution is 2.29. The van der Waals surface area contributed by atoms with Crippen molar-refractivity contribution in [2.24, 2.45) is 17.3 Å². The molecule has 0 spiro atoms. The molecule has 0 aromatic heterocycles. The van der Waals surface area contributed by atoms with Gasteiger partial charge in [-0.25, -0.2) is 0 Å². The normalized spacial score (nSPS) is 31.5. The SMILES string of the molecule is CC1CC(C)C(C)N(CCC(C)(C)C(=O)O)C1. The number of hydrogen-bond donors (Lipinski definition) is 1. The van der Waals surface area contributed by atoms with Crippen LogP contribution in [0.4, 0.5) is 0 Å². The molecule has 1 rings (SSSR count). The Bertz CT molecular complexity index is 275. The topological polar surface area (TPSA) is 40.5 Å². The number of rotatable bonds is 4. The van der Waals surface area contributed by atoms with Crippen LogP contribution in [0.5, 0.6) is 0 Å². The van der Waals surface area contributed by atoms with Gasteiger partial charge in [-0.05, 0) is 52.0 Å². The lowest BCUT2D eigenvalue weighted by atomic mass is 9.84. The average Bonchev–Trinajstić information content (AvgIpc) is 2.21. The fourth-order valence-electron chi connectivity index (χ4n) is 2.66. The number of nitrogens with zero attached hydrogens (tertiary/aromatic N) is 1. The summed E-state index contributed by atoms with van der Waals surface area (Å²) >= 11 is 0. The lowest BCUT2D eigenvalue weighted by molar-refractivity contribution is -0.147. The van der Waals surface area contributed by atoms with Gasteiger partial charge in [-0.3, -0.25) is 4.79 Å². The average molecular weight is 241 g/mol. The monoisotopic (exact) mass is 241 g/mol. The smallest absolute Gasteiger partial charge is 0.309 e. The van der Waals surface area contributed by atoms with Gasteiger partial charge in [0, 0.05) is 12.6 Å². The zero-order chi connectivity index (χ0) is 13.2. The van der Waals surface area contributed by atoms with Gasteiger partial charge in [-0.2, -0.15) is 0 Å². The third-order valence-electron chi connectivity index (χ3n) is 4.32. The Morgan fingerprint density at radius 2 is 1.94 bits per heavy atom. The fraction of sp³-hybridized carbons (Fsp3) is 0.929. The highest BCUT2D eigenvalue weighted by molar-refractivity contribution is 5.73. The van der Waals surface area contributed by atoms with Crippen LogP contribution in [0.1, 0.15) is 47.5 Å². The van der Waals surface area contributed by atoms with Gasteiger partial charge in [0.2, 0.25) is 0 Å². The number of piperidine rings is 1. The van der Waals surface area contributed by atoms with Gasteiger partial charge in [-0.1, -0.05) is 13.8 Å². The third kappa shape index (κ3) is 3.70. The molecular weight excluding hydrogens is 214 g/mol. The standard InChI is InChI=1S/C14H27NO2/c1-10-8-11(2)12(3)15(9-10)7-6-14(4,5)13(16)17/h10-12H,6-9H2,1-5H3,(H,16,17). The van der Waals surface area contributed by atoms with Gasteiger partial charge in [-0.15, -0.1) is 0 Å². The second-order valence-electron chi connectivity index (χ2n) is 6.49. The van der Waals surface area contributed by atoms with Crippen molar-refractivity contribution < 1.29 is 9.90 Å². The first-order valence-electron chi connectivity index (χ1n) is 6.71. The van der Waals surface area contributed by atoms with Crippen molar-refractivity contribution in [1.29, 1.82) is 0 Å². The minimum Gasteiger partial charge on any atom is -0.481 e. The minimum absolute atomic E-state index is 0.579. The van der Waals surface area contributed by atoms with Crippen LogP contribution < -0.4 is 0 Å². The zero-order valence-corrected chi connectivity index (χ0v) is 11.9. The maximum Gasteiger partial charge on any atom is 0.309 e. The van der Waals surface area contributed by atoms with E-state index in [1.54, 1.807) is 0 Å². The summed E-state index contributed by atoms with van der Waals surface area (Å²) in [5.74, 6) is 0.754. The largest absolute Gasteiger partial charge is 0.481 e. The van der Waals surface area contributed by atoms with Crippen LogP contribution in [-0.4, -0.2) is 35.1 Å². The Balaban J connectivity index is 2.53. The van der Waals surface area contributed by atoms with Crippen LogP contribution in [0.15, 0.2) is 0 Å². The predicted octanol–water partition coefficient (Wildman–Crippen LogP) is 2.85. The fourth-order valence-corrected chi connectivity index (χ4v) is 2.66. The van der Waals surface area contributed by atoms with Gasteiger partial charge < -0.3 is 10.0 Å². The second-order valence-corrected chi connectivity index (χ2v) is 6.49. The van der Waals surface area contributed by atoms with Gasteiger partial charge in [0.15, 0.2) is 0 Å². The Labute approximate surface area is 105 Å². The van der Waals surface area contributed by atoms with E-state index in [1.165, 1.54) is 6.42 Å². The highest BCUT2D eigenvalue weighted by Gasteiger charge is 2.32. The van der Waals surface area contributed by atoms with Crippen molar-refractivity contribution in [3.8, 4) is 0 Å². The molecule has 0 aliphatic carbocycles. The van der Waals surface area contributed by atoms with Crippen molar-refractivity contribution >= 4 is 5.97 Å². The summed E-state index contributed by atoms with van der Waals surface area (Å²) in [6.07, 6.45) is 2.02. The van der Waals surface area contributed by atoms with Crippen molar-refractivity contribution in [2.45, 2.75) is 53.5 Å². The summed E-state index contributed by atoms with van der Waals surface area (Å²) in [7, 11) is 0. The van der Waals surface area contributed by atoms with E-state index >= 15 is 0 Å². The van der Waals surface area contributed by atoms with Crippen LogP contribution in [0.2, 0.25) is 0 Å². The molecule has 1 fully saturated rings. The summed E-state index contributed by atoms with van der Waals surface area (Å²) < 4.78 is 0. The van der Waals surface area contributed by atoms with Crippen molar-refractivity contribution in [2.75, 3.05) is 13.1 Å². The molecule has 0 bridgehead atoms. The Kier molecular flexibility index (Phi) is 4.59. The third-order valence-corrected chi connectivity index (χ3v) is 4.32. The van der Waals surface area contributed by atoms with E-state index in [2.05, 4.69) is 25.7 Å². The molecule has 17 heavy (non-hydrogen) atoms. The first-order chi connectivity index (χ1) is 7.74. The predicted molar refractivity (Wildman–Crippen MR) is 70.0 cm³/mol. The molecule has 1 N–H and O–H groups in total. The van der Waals surface area contributed by atoms with Crippen LogP contribution in [0.25, 0.3) is 0 Å². The van der Waals surface area contributed by atoms with E-state index in [1.807, 2.05) is 13.8 Å². The van der Waals surface area contributed by atoms with E-state index in [4.69, 9.17) is 5.11 Å². The summed E-state index contributed by atoms with van der Waals surface area (Å²) in [5, 5.41) is 9.12. The number of aliphatic carboxylic acids is 1. The van der Waals surface area contributed by atoms with Crippen molar-refractivity contribution in [3.05, 3.63) is 0 Å². The molecule has 3 unspecified atom stereocenters.